The highest BCUT2D eigenvalue weighted by atomic mass is 32.2. The minimum absolute atomic E-state index is 0.227. The van der Waals surface area contributed by atoms with E-state index in [9.17, 15) is 4.79 Å². The summed E-state index contributed by atoms with van der Waals surface area (Å²) in [6.07, 6.45) is 2.04. The molecule has 0 aliphatic carbocycles. The quantitative estimate of drug-likeness (QED) is 0.368. The Morgan fingerprint density at radius 2 is 1.94 bits per heavy atom. The van der Waals surface area contributed by atoms with Crippen LogP contribution in [0.5, 0.6) is 5.88 Å². The van der Waals surface area contributed by atoms with E-state index in [0.717, 1.165) is 22.2 Å². The SMILES string of the molecule is COCc1nc(OC)c2c(C)c(C(=O)Nc3nc(-c4ccc(SC)cc4)cs3)sc2n1. The van der Waals surface area contributed by atoms with Crippen molar-refractivity contribution < 1.29 is 14.3 Å². The molecule has 0 bridgehead atoms. The van der Waals surface area contributed by atoms with Crippen LogP contribution in [0.25, 0.3) is 21.5 Å². The maximum Gasteiger partial charge on any atom is 0.267 e. The number of nitrogens with one attached hydrogen (secondary N) is 1. The predicted molar refractivity (Wildman–Crippen MR) is 127 cm³/mol. The van der Waals surface area contributed by atoms with Crippen LogP contribution >= 0.6 is 34.4 Å². The molecule has 4 rings (SSSR count). The van der Waals surface area contributed by atoms with Crippen molar-refractivity contribution in [3.05, 3.63) is 45.9 Å². The van der Waals surface area contributed by atoms with Gasteiger partial charge < -0.3 is 9.47 Å². The van der Waals surface area contributed by atoms with Gasteiger partial charge in [-0.15, -0.1) is 34.4 Å². The number of benzene rings is 1. The van der Waals surface area contributed by atoms with Crippen molar-refractivity contribution in [1.82, 2.24) is 15.0 Å². The summed E-state index contributed by atoms with van der Waals surface area (Å²) in [7, 11) is 3.13. The highest BCUT2D eigenvalue weighted by Gasteiger charge is 2.22. The molecule has 1 N–H and O–H groups in total. The van der Waals surface area contributed by atoms with E-state index < -0.39 is 0 Å². The number of thioether (sulfide) groups is 1. The topological polar surface area (TPSA) is 86.2 Å². The number of aromatic nitrogens is 3. The standard InChI is InChI=1S/C21H20N4O3S3/c1-11-16-19(28-3)23-15(9-27-2)24-20(16)31-17(11)18(26)25-21-22-14(10-30-21)12-5-7-13(29-4)8-6-12/h5-8,10H,9H2,1-4H3,(H,22,25,26). The minimum atomic E-state index is -0.227. The van der Waals surface area contributed by atoms with E-state index in [-0.39, 0.29) is 12.5 Å². The summed E-state index contributed by atoms with van der Waals surface area (Å²) >= 11 is 4.39. The third-order valence-electron chi connectivity index (χ3n) is 4.59. The first-order valence-electron chi connectivity index (χ1n) is 9.28. The Morgan fingerprint density at radius 3 is 2.61 bits per heavy atom. The van der Waals surface area contributed by atoms with E-state index in [2.05, 4.69) is 32.4 Å². The zero-order valence-corrected chi connectivity index (χ0v) is 19.8. The maximum absolute atomic E-state index is 13.0. The number of amides is 1. The number of carbonyl (C=O) groups excluding carboxylic acids is 1. The average Bonchev–Trinajstić information content (AvgIpc) is 3.38. The molecule has 1 amide bonds. The van der Waals surface area contributed by atoms with E-state index in [1.54, 1.807) is 26.0 Å². The van der Waals surface area contributed by atoms with Gasteiger partial charge in [-0.25, -0.2) is 9.97 Å². The molecular weight excluding hydrogens is 452 g/mol. The minimum Gasteiger partial charge on any atom is -0.480 e. The molecule has 4 aromatic rings. The fourth-order valence-corrected chi connectivity index (χ4v) is 5.29. The number of methoxy groups -OCH3 is 2. The van der Waals surface area contributed by atoms with Gasteiger partial charge in [0, 0.05) is 22.9 Å². The number of hydrogen-bond acceptors (Lipinski definition) is 9. The summed E-state index contributed by atoms with van der Waals surface area (Å²) in [5.74, 6) is 0.724. The van der Waals surface area contributed by atoms with Gasteiger partial charge in [-0.1, -0.05) is 12.1 Å². The second-order valence-electron chi connectivity index (χ2n) is 6.54. The number of nitrogens with zero attached hydrogens (tertiary/aromatic N) is 3. The highest BCUT2D eigenvalue weighted by Crippen LogP contribution is 2.36. The van der Waals surface area contributed by atoms with Crippen LogP contribution in [0.15, 0.2) is 34.5 Å². The first-order chi connectivity index (χ1) is 15.0. The molecule has 1 aromatic carbocycles. The number of fused-ring (bicyclic) bond motifs is 1. The van der Waals surface area contributed by atoms with Crippen LogP contribution in [-0.4, -0.2) is 41.3 Å². The van der Waals surface area contributed by atoms with E-state index in [1.807, 2.05) is 30.7 Å². The number of carbonyl (C=O) groups is 1. The molecule has 0 spiro atoms. The van der Waals surface area contributed by atoms with Crippen molar-refractivity contribution in [2.45, 2.75) is 18.4 Å². The number of thiazole rings is 1. The summed E-state index contributed by atoms with van der Waals surface area (Å²) in [4.78, 5) is 28.9. The Labute approximate surface area is 191 Å². The molecule has 0 fully saturated rings. The number of ether oxygens (including phenoxy) is 2. The van der Waals surface area contributed by atoms with Gasteiger partial charge in [-0.05, 0) is 30.9 Å². The maximum atomic E-state index is 13.0. The van der Waals surface area contributed by atoms with E-state index >= 15 is 0 Å². The van der Waals surface area contributed by atoms with Crippen LogP contribution in [0.1, 0.15) is 21.1 Å². The molecule has 0 aliphatic rings. The van der Waals surface area contributed by atoms with Crippen molar-refractivity contribution >= 4 is 55.7 Å². The van der Waals surface area contributed by atoms with Crippen molar-refractivity contribution in [1.29, 1.82) is 0 Å². The lowest BCUT2D eigenvalue weighted by Crippen LogP contribution is -2.11. The lowest BCUT2D eigenvalue weighted by atomic mass is 10.2. The molecule has 0 saturated heterocycles. The number of thiophene rings is 1. The van der Waals surface area contributed by atoms with Crippen molar-refractivity contribution in [3.63, 3.8) is 0 Å². The van der Waals surface area contributed by atoms with Gasteiger partial charge in [0.1, 0.15) is 11.4 Å². The third kappa shape index (κ3) is 4.42. The molecule has 0 unspecified atom stereocenters. The zero-order chi connectivity index (χ0) is 22.0. The van der Waals surface area contributed by atoms with Crippen molar-refractivity contribution in [2.24, 2.45) is 0 Å². The van der Waals surface area contributed by atoms with Gasteiger partial charge in [0.25, 0.3) is 5.91 Å². The largest absolute Gasteiger partial charge is 0.480 e. The van der Waals surface area contributed by atoms with Gasteiger partial charge in [-0.2, -0.15) is 4.98 Å². The Bertz CT molecular complexity index is 1230. The Hall–Kier alpha value is -2.53. The predicted octanol–water partition coefficient (Wildman–Crippen LogP) is 5.25. The summed E-state index contributed by atoms with van der Waals surface area (Å²) in [5.41, 5.74) is 2.62. The second-order valence-corrected chi connectivity index (χ2v) is 9.28. The normalized spacial score (nSPS) is 11.1. The van der Waals surface area contributed by atoms with E-state index in [0.29, 0.717) is 26.5 Å². The summed E-state index contributed by atoms with van der Waals surface area (Å²) < 4.78 is 10.6. The molecular formula is C21H20N4O3S3. The number of rotatable bonds is 7. The first-order valence-corrected chi connectivity index (χ1v) is 12.2. The lowest BCUT2D eigenvalue weighted by Gasteiger charge is -2.05. The Kier molecular flexibility index (Phi) is 6.51. The van der Waals surface area contributed by atoms with Crippen LogP contribution in [0.2, 0.25) is 0 Å². The van der Waals surface area contributed by atoms with Crippen LogP contribution < -0.4 is 10.1 Å². The monoisotopic (exact) mass is 472 g/mol. The fourth-order valence-electron chi connectivity index (χ4n) is 3.08. The van der Waals surface area contributed by atoms with Crippen LogP contribution in [0.4, 0.5) is 5.13 Å². The molecule has 7 nitrogen and oxygen atoms in total. The second kappa shape index (κ2) is 9.31. The van der Waals surface area contributed by atoms with Gasteiger partial charge in [0.2, 0.25) is 5.88 Å². The molecule has 0 saturated carbocycles. The van der Waals surface area contributed by atoms with Crippen molar-refractivity contribution in [3.8, 4) is 17.1 Å². The van der Waals surface area contributed by atoms with Gasteiger partial charge in [0.05, 0.1) is 23.1 Å². The highest BCUT2D eigenvalue weighted by molar-refractivity contribution is 7.98. The van der Waals surface area contributed by atoms with E-state index in [1.165, 1.54) is 27.6 Å². The first kappa shape index (κ1) is 21.7. The van der Waals surface area contributed by atoms with Crippen molar-refractivity contribution in [2.75, 3.05) is 25.8 Å². The lowest BCUT2D eigenvalue weighted by molar-refractivity contribution is 0.103. The van der Waals surface area contributed by atoms with Gasteiger partial charge in [0.15, 0.2) is 11.0 Å². The molecule has 0 radical (unpaired) electrons. The van der Waals surface area contributed by atoms with Gasteiger partial charge >= 0.3 is 0 Å². The third-order valence-corrected chi connectivity index (χ3v) is 7.27. The average molecular weight is 473 g/mol. The molecule has 0 atom stereocenters. The molecule has 3 heterocycles. The molecule has 31 heavy (non-hydrogen) atoms. The fraction of sp³-hybridized carbons (Fsp3) is 0.238. The Balaban J connectivity index is 1.60. The molecule has 160 valence electrons. The number of hydrogen-bond donors (Lipinski definition) is 1. The van der Waals surface area contributed by atoms with E-state index in [4.69, 9.17) is 9.47 Å². The molecule has 3 aromatic heterocycles. The van der Waals surface area contributed by atoms with Crippen LogP contribution in [0.3, 0.4) is 0 Å². The zero-order valence-electron chi connectivity index (χ0n) is 17.4. The van der Waals surface area contributed by atoms with Crippen LogP contribution in [-0.2, 0) is 11.3 Å². The van der Waals surface area contributed by atoms with Crippen LogP contribution in [0, 0.1) is 6.92 Å². The summed E-state index contributed by atoms with van der Waals surface area (Å²) in [6, 6.07) is 8.19. The number of aryl methyl sites for hydroxylation is 1. The molecule has 0 aliphatic heterocycles. The summed E-state index contributed by atoms with van der Waals surface area (Å²) in [5, 5.41) is 6.14. The smallest absolute Gasteiger partial charge is 0.267 e. The van der Waals surface area contributed by atoms with Gasteiger partial charge in [-0.3, -0.25) is 10.1 Å². The number of anilines is 1. The summed E-state index contributed by atoms with van der Waals surface area (Å²) in [6.45, 7) is 2.14. The molecule has 10 heteroatoms. The Morgan fingerprint density at radius 1 is 1.16 bits per heavy atom.